The van der Waals surface area contributed by atoms with Crippen molar-refractivity contribution in [1.29, 1.82) is 0 Å². The number of rotatable bonds is 4. The fraction of sp³-hybridized carbons (Fsp3) is 0.0169. The fourth-order valence-corrected chi connectivity index (χ4v) is 10.8. The summed E-state index contributed by atoms with van der Waals surface area (Å²) in [4.78, 5) is 0. The smallest absolute Gasteiger partial charge is 0.136 e. The Morgan fingerprint density at radius 2 is 0.883 bits per heavy atom. The average molecular weight is 761 g/mol. The normalized spacial score (nSPS) is 13.1. The predicted molar refractivity (Wildman–Crippen MR) is 252 cm³/mol. The van der Waals surface area contributed by atoms with Crippen LogP contribution in [0.1, 0.15) is 22.3 Å². The summed E-state index contributed by atoms with van der Waals surface area (Å²) in [6, 6.07) is 80.9. The van der Waals surface area contributed by atoms with E-state index in [9.17, 15) is 0 Å². The van der Waals surface area contributed by atoms with Crippen LogP contribution in [0.2, 0.25) is 0 Å². The van der Waals surface area contributed by atoms with E-state index in [2.05, 4.69) is 212 Å². The molecule has 1 heterocycles. The second-order valence-corrected chi connectivity index (χ2v) is 16.3. The van der Waals surface area contributed by atoms with Gasteiger partial charge in [0, 0.05) is 10.8 Å². The first-order valence-corrected chi connectivity index (χ1v) is 20.8. The van der Waals surface area contributed by atoms with Crippen LogP contribution in [-0.4, -0.2) is 0 Å². The quantitative estimate of drug-likeness (QED) is 0.129. The third-order valence-electron chi connectivity index (χ3n) is 13.3. The molecule has 0 saturated carbocycles. The van der Waals surface area contributed by atoms with Crippen LogP contribution in [0.25, 0.3) is 98.4 Å². The fourth-order valence-electron chi connectivity index (χ4n) is 10.8. The highest BCUT2D eigenvalue weighted by molar-refractivity contribution is 6.20. The highest BCUT2D eigenvalue weighted by Gasteiger charge is 2.48. The first kappa shape index (κ1) is 33.3. The molecule has 1 aromatic heterocycles. The van der Waals surface area contributed by atoms with Crippen LogP contribution >= 0.6 is 0 Å². The number of benzene rings is 11. The SMILES string of the molecule is c1ccc(C2(c3ccccc3)c3cc(-c4c5ccccc5cc5c4ccc4ccccc45)ccc3-c3c(-c4ccc5c(c4)oc4ccccc45)cc4ccccc4c32)cc1. The summed E-state index contributed by atoms with van der Waals surface area (Å²) in [5.41, 5.74) is 13.6. The first-order chi connectivity index (χ1) is 29.8. The minimum Gasteiger partial charge on any atom is -0.456 e. The van der Waals surface area contributed by atoms with Crippen molar-refractivity contribution in [1.82, 2.24) is 0 Å². The lowest BCUT2D eigenvalue weighted by Crippen LogP contribution is -2.29. The van der Waals surface area contributed by atoms with Crippen LogP contribution in [0.5, 0.6) is 0 Å². The molecule has 1 nitrogen and oxygen atoms in total. The van der Waals surface area contributed by atoms with Crippen molar-refractivity contribution in [3.8, 4) is 33.4 Å². The van der Waals surface area contributed by atoms with E-state index in [1.54, 1.807) is 0 Å². The van der Waals surface area contributed by atoms with Gasteiger partial charge in [0.05, 0.1) is 5.41 Å². The van der Waals surface area contributed by atoms with Crippen molar-refractivity contribution in [2.45, 2.75) is 5.41 Å². The van der Waals surface area contributed by atoms with Gasteiger partial charge in [0.2, 0.25) is 0 Å². The lowest BCUT2D eigenvalue weighted by molar-refractivity contribution is 0.669. The van der Waals surface area contributed by atoms with Crippen LogP contribution in [0.15, 0.2) is 223 Å². The molecule has 0 radical (unpaired) electrons. The Morgan fingerprint density at radius 3 is 1.65 bits per heavy atom. The Labute approximate surface area is 347 Å². The van der Waals surface area contributed by atoms with Crippen molar-refractivity contribution >= 4 is 65.0 Å². The van der Waals surface area contributed by atoms with Crippen LogP contribution < -0.4 is 0 Å². The molecule has 0 atom stereocenters. The van der Waals surface area contributed by atoms with Gasteiger partial charge in [-0.2, -0.15) is 0 Å². The number of para-hydroxylation sites is 1. The summed E-state index contributed by atoms with van der Waals surface area (Å²) in [7, 11) is 0. The van der Waals surface area contributed by atoms with Gasteiger partial charge >= 0.3 is 0 Å². The molecule has 0 fully saturated rings. The highest BCUT2D eigenvalue weighted by Crippen LogP contribution is 2.61. The van der Waals surface area contributed by atoms with E-state index in [0.29, 0.717) is 0 Å². The molecule has 0 bridgehead atoms. The summed E-state index contributed by atoms with van der Waals surface area (Å²) < 4.78 is 6.53. The molecular formula is C59H36O. The molecule has 13 rings (SSSR count). The van der Waals surface area contributed by atoms with E-state index >= 15 is 0 Å². The van der Waals surface area contributed by atoms with Crippen LogP contribution in [-0.2, 0) is 5.41 Å². The molecule has 0 unspecified atom stereocenters. The molecule has 0 N–H and O–H groups in total. The van der Waals surface area contributed by atoms with Gasteiger partial charge in [-0.3, -0.25) is 0 Å². The average Bonchev–Trinajstić information content (AvgIpc) is 3.85. The summed E-state index contributed by atoms with van der Waals surface area (Å²) >= 11 is 0. The summed E-state index contributed by atoms with van der Waals surface area (Å²) in [6.45, 7) is 0. The van der Waals surface area contributed by atoms with E-state index in [0.717, 1.165) is 27.5 Å². The molecule has 0 spiro atoms. The monoisotopic (exact) mass is 760 g/mol. The van der Waals surface area contributed by atoms with E-state index in [1.165, 1.54) is 93.2 Å². The second kappa shape index (κ2) is 12.6. The molecule has 1 aliphatic rings. The van der Waals surface area contributed by atoms with Crippen LogP contribution in [0, 0.1) is 0 Å². The van der Waals surface area contributed by atoms with Gasteiger partial charge in [0.15, 0.2) is 0 Å². The third-order valence-corrected chi connectivity index (χ3v) is 13.3. The lowest BCUT2D eigenvalue weighted by Gasteiger charge is -2.35. The Hall–Kier alpha value is -7.74. The zero-order valence-corrected chi connectivity index (χ0v) is 32.7. The first-order valence-electron chi connectivity index (χ1n) is 20.8. The minimum absolute atomic E-state index is 0.630. The molecule has 1 aliphatic carbocycles. The number of fused-ring (bicyclic) bond motifs is 12. The van der Waals surface area contributed by atoms with E-state index < -0.39 is 5.41 Å². The Morgan fingerprint density at radius 1 is 0.300 bits per heavy atom. The maximum Gasteiger partial charge on any atom is 0.136 e. The molecule has 0 amide bonds. The lowest BCUT2D eigenvalue weighted by atomic mass is 9.66. The Kier molecular flexibility index (Phi) is 7.00. The van der Waals surface area contributed by atoms with Crippen molar-refractivity contribution in [3.63, 3.8) is 0 Å². The maximum atomic E-state index is 6.53. The molecule has 0 saturated heterocycles. The minimum atomic E-state index is -0.630. The van der Waals surface area contributed by atoms with Gasteiger partial charge in [-0.25, -0.2) is 0 Å². The van der Waals surface area contributed by atoms with E-state index in [1.807, 2.05) is 6.07 Å². The van der Waals surface area contributed by atoms with Gasteiger partial charge in [0.25, 0.3) is 0 Å². The van der Waals surface area contributed by atoms with E-state index in [-0.39, 0.29) is 0 Å². The molecule has 11 aromatic carbocycles. The molecule has 60 heavy (non-hydrogen) atoms. The van der Waals surface area contributed by atoms with Crippen molar-refractivity contribution < 1.29 is 4.42 Å². The van der Waals surface area contributed by atoms with Gasteiger partial charge in [-0.05, 0) is 135 Å². The predicted octanol–water partition coefficient (Wildman–Crippen LogP) is 15.9. The van der Waals surface area contributed by atoms with Gasteiger partial charge < -0.3 is 4.42 Å². The zero-order chi connectivity index (χ0) is 39.4. The summed E-state index contributed by atoms with van der Waals surface area (Å²) in [5.74, 6) is 0. The van der Waals surface area contributed by atoms with Crippen molar-refractivity contribution in [2.75, 3.05) is 0 Å². The van der Waals surface area contributed by atoms with Gasteiger partial charge in [-0.1, -0.05) is 182 Å². The highest BCUT2D eigenvalue weighted by atomic mass is 16.3. The number of furan rings is 1. The largest absolute Gasteiger partial charge is 0.456 e. The topological polar surface area (TPSA) is 13.1 Å². The second-order valence-electron chi connectivity index (χ2n) is 16.3. The number of hydrogen-bond acceptors (Lipinski definition) is 1. The molecular weight excluding hydrogens is 725 g/mol. The molecule has 12 aromatic rings. The van der Waals surface area contributed by atoms with E-state index in [4.69, 9.17) is 4.42 Å². The molecule has 1 heteroatoms. The molecule has 278 valence electrons. The maximum absolute atomic E-state index is 6.53. The summed E-state index contributed by atoms with van der Waals surface area (Å²) in [5, 5.41) is 12.3. The van der Waals surface area contributed by atoms with Crippen LogP contribution in [0.3, 0.4) is 0 Å². The van der Waals surface area contributed by atoms with Gasteiger partial charge in [-0.15, -0.1) is 0 Å². The number of hydrogen-bond donors (Lipinski definition) is 0. The Bertz CT molecular complexity index is 3660. The third kappa shape index (κ3) is 4.58. The summed E-state index contributed by atoms with van der Waals surface area (Å²) in [6.07, 6.45) is 0. The van der Waals surface area contributed by atoms with Crippen molar-refractivity contribution in [3.05, 3.63) is 241 Å². The van der Waals surface area contributed by atoms with Crippen LogP contribution in [0.4, 0.5) is 0 Å². The van der Waals surface area contributed by atoms with Gasteiger partial charge in [0.1, 0.15) is 11.2 Å². The Balaban J connectivity index is 1.19. The molecule has 0 aliphatic heterocycles. The zero-order valence-electron chi connectivity index (χ0n) is 32.7. The van der Waals surface area contributed by atoms with Crippen molar-refractivity contribution in [2.24, 2.45) is 0 Å². The standard InChI is InChI=1S/C59H36O/c1-3-18-42(19-4-1)59(43-20-5-2-6-21-43)53-35-41(56-45-23-11-8-16-38(45)34-52-44-22-10-7-15-37(44)27-31-49(52)56)29-32-50(53)57-51(33-39-17-9-12-24-46(39)58(57)59)40-28-30-48-47-25-13-14-26-54(47)60-55(48)36-40/h1-36H.